The average Bonchev–Trinajstić information content (AvgIpc) is 2.86. The van der Waals surface area contributed by atoms with Crippen molar-refractivity contribution in [2.75, 3.05) is 46.9 Å². The van der Waals surface area contributed by atoms with Gasteiger partial charge in [0.1, 0.15) is 17.6 Å². The van der Waals surface area contributed by atoms with Crippen molar-refractivity contribution in [2.24, 2.45) is 0 Å². The van der Waals surface area contributed by atoms with Crippen LogP contribution >= 0.6 is 11.6 Å². The summed E-state index contributed by atoms with van der Waals surface area (Å²) in [5, 5.41) is 7.76. The first kappa shape index (κ1) is 30.7. The number of nitrogens with zero attached hydrogens (tertiary/aromatic N) is 2. The van der Waals surface area contributed by atoms with Crippen LogP contribution in [0.3, 0.4) is 0 Å². The molecule has 2 aromatic carbocycles. The largest absolute Gasteiger partial charge is 0.494 e. The number of aliphatic carboxylic acids is 1. The van der Waals surface area contributed by atoms with Gasteiger partial charge in [0.15, 0.2) is 0 Å². The normalized spacial score (nSPS) is 15.0. The van der Waals surface area contributed by atoms with E-state index in [1.54, 1.807) is 0 Å². The van der Waals surface area contributed by atoms with E-state index >= 15 is 0 Å². The summed E-state index contributed by atoms with van der Waals surface area (Å²) in [6, 6.07) is 16.0. The molecule has 0 amide bonds. The number of ether oxygens (including phenoxy) is 2. The van der Waals surface area contributed by atoms with Crippen molar-refractivity contribution in [1.29, 1.82) is 0 Å². The summed E-state index contributed by atoms with van der Waals surface area (Å²) in [7, 11) is 4.15. The topological polar surface area (TPSA) is 62.2 Å². The van der Waals surface area contributed by atoms with Gasteiger partial charge in [-0.3, -0.25) is 0 Å². The van der Waals surface area contributed by atoms with E-state index < -0.39 is 12.1 Å². The van der Waals surface area contributed by atoms with Crippen LogP contribution in [0.5, 0.6) is 11.5 Å². The van der Waals surface area contributed by atoms with Gasteiger partial charge in [-0.2, -0.15) is 13.2 Å². The average molecular weight is 545 g/mol. The molecule has 0 saturated carbocycles. The molecule has 1 atom stereocenters. The smallest absolute Gasteiger partial charge is 0.490 e. The molecule has 1 saturated heterocycles. The molecule has 3 rings (SSSR count). The van der Waals surface area contributed by atoms with Crippen molar-refractivity contribution in [2.45, 2.75) is 44.4 Å². The fourth-order valence-corrected chi connectivity index (χ4v) is 3.98. The number of para-hydroxylation sites is 1. The standard InChI is InChI=1S/C25H35ClN2O2.C2HF3O2/c1-27(2)19-15-24(30-25-10-5-4-9-23(25)26)21-11-13-22(14-12-21)29-20-8-18-28-16-6-3-7-17-28;3-2(4,5)1(6)7/h4-5,9-14,24H,3,6-8,15-20H2,1-2H3;(H,6,7). The van der Waals surface area contributed by atoms with Crippen molar-refractivity contribution in [1.82, 2.24) is 9.80 Å². The molecule has 1 aliphatic rings. The molecule has 0 aliphatic carbocycles. The summed E-state index contributed by atoms with van der Waals surface area (Å²) in [6.45, 7) is 5.32. The van der Waals surface area contributed by atoms with Crippen molar-refractivity contribution >= 4 is 17.6 Å². The predicted molar refractivity (Wildman–Crippen MR) is 139 cm³/mol. The van der Waals surface area contributed by atoms with Crippen LogP contribution in [0.2, 0.25) is 5.02 Å². The van der Waals surface area contributed by atoms with E-state index in [-0.39, 0.29) is 6.10 Å². The number of piperidine rings is 1. The van der Waals surface area contributed by atoms with E-state index in [0.717, 1.165) is 49.6 Å². The van der Waals surface area contributed by atoms with Gasteiger partial charge in [-0.25, -0.2) is 4.79 Å². The molecule has 6 nitrogen and oxygen atoms in total. The van der Waals surface area contributed by atoms with Gasteiger partial charge in [0.25, 0.3) is 0 Å². The SMILES string of the molecule is CN(C)CCC(Oc1ccccc1Cl)c1ccc(OCCCN2CCCCC2)cc1.O=C(O)C(F)(F)F. The molecule has 1 unspecified atom stereocenters. The molecular formula is C27H36ClF3N2O4. The number of alkyl halides is 3. The van der Waals surface area contributed by atoms with Crippen LogP contribution in [0.25, 0.3) is 0 Å². The zero-order valence-corrected chi connectivity index (χ0v) is 22.1. The highest BCUT2D eigenvalue weighted by Crippen LogP contribution is 2.31. The van der Waals surface area contributed by atoms with Crippen LogP contribution < -0.4 is 9.47 Å². The highest BCUT2D eigenvalue weighted by Gasteiger charge is 2.38. The summed E-state index contributed by atoms with van der Waals surface area (Å²) in [5.41, 5.74) is 1.14. The Bertz CT molecular complexity index is 936. The van der Waals surface area contributed by atoms with Gasteiger partial charge < -0.3 is 24.4 Å². The minimum atomic E-state index is -5.08. The molecule has 1 fully saturated rings. The first-order chi connectivity index (χ1) is 17.6. The maximum absolute atomic E-state index is 10.6. The van der Waals surface area contributed by atoms with Crippen molar-refractivity contribution in [3.05, 3.63) is 59.1 Å². The minimum absolute atomic E-state index is 0.0551. The van der Waals surface area contributed by atoms with Gasteiger partial charge in [-0.05, 0) is 76.3 Å². The second-order valence-corrected chi connectivity index (χ2v) is 9.51. The molecule has 1 N–H and O–H groups in total. The number of carboxylic acids is 1. The maximum Gasteiger partial charge on any atom is 0.490 e. The van der Waals surface area contributed by atoms with Gasteiger partial charge >= 0.3 is 12.1 Å². The maximum atomic E-state index is 10.6. The Morgan fingerprint density at radius 3 is 2.27 bits per heavy atom. The molecule has 1 heterocycles. The lowest BCUT2D eigenvalue weighted by Gasteiger charge is -2.26. The first-order valence-electron chi connectivity index (χ1n) is 12.4. The van der Waals surface area contributed by atoms with Gasteiger partial charge in [0.2, 0.25) is 0 Å². The fraction of sp³-hybridized carbons (Fsp3) is 0.519. The Labute approximate surface area is 221 Å². The van der Waals surface area contributed by atoms with Crippen molar-refractivity contribution in [3.63, 3.8) is 0 Å². The second kappa shape index (κ2) is 15.7. The highest BCUT2D eigenvalue weighted by atomic mass is 35.5. The van der Waals surface area contributed by atoms with E-state index in [1.165, 1.54) is 32.4 Å². The number of carboxylic acid groups (broad SMARTS) is 1. The van der Waals surface area contributed by atoms with E-state index in [1.807, 2.05) is 24.3 Å². The Hall–Kier alpha value is -2.49. The van der Waals surface area contributed by atoms with Crippen LogP contribution in [-0.2, 0) is 4.79 Å². The first-order valence-corrected chi connectivity index (χ1v) is 12.7. The molecule has 0 aromatic heterocycles. The molecular weight excluding hydrogens is 509 g/mol. The Balaban J connectivity index is 0.000000604. The summed E-state index contributed by atoms with van der Waals surface area (Å²) < 4.78 is 44.0. The number of likely N-dealkylation sites (tertiary alicyclic amines) is 1. The van der Waals surface area contributed by atoms with Crippen molar-refractivity contribution < 1.29 is 32.5 Å². The Morgan fingerprint density at radius 2 is 1.70 bits per heavy atom. The zero-order chi connectivity index (χ0) is 27.3. The Kier molecular flexibility index (Phi) is 13.0. The summed E-state index contributed by atoms with van der Waals surface area (Å²) in [6.07, 6.45) is 0.883. The van der Waals surface area contributed by atoms with Crippen LogP contribution in [0.15, 0.2) is 48.5 Å². The lowest BCUT2D eigenvalue weighted by molar-refractivity contribution is -0.192. The van der Waals surface area contributed by atoms with Crippen LogP contribution in [-0.4, -0.2) is 73.9 Å². The van der Waals surface area contributed by atoms with Crippen LogP contribution in [0, 0.1) is 0 Å². The quantitative estimate of drug-likeness (QED) is 0.335. The monoisotopic (exact) mass is 544 g/mol. The number of carbonyl (C=O) groups is 1. The molecule has 1 aliphatic heterocycles. The van der Waals surface area contributed by atoms with Gasteiger partial charge in [0.05, 0.1) is 11.6 Å². The van der Waals surface area contributed by atoms with E-state index in [0.29, 0.717) is 5.02 Å². The van der Waals surface area contributed by atoms with E-state index in [4.69, 9.17) is 31.0 Å². The summed E-state index contributed by atoms with van der Waals surface area (Å²) in [4.78, 5) is 13.6. The summed E-state index contributed by atoms with van der Waals surface area (Å²) in [5.74, 6) is -1.12. The van der Waals surface area contributed by atoms with E-state index in [2.05, 4.69) is 48.2 Å². The third-order valence-corrected chi connectivity index (χ3v) is 6.09. The molecule has 0 radical (unpaired) electrons. The lowest BCUT2D eigenvalue weighted by atomic mass is 10.1. The molecule has 10 heteroatoms. The van der Waals surface area contributed by atoms with Gasteiger partial charge in [0, 0.05) is 19.5 Å². The number of hydrogen-bond acceptors (Lipinski definition) is 5. The molecule has 2 aromatic rings. The fourth-order valence-electron chi connectivity index (χ4n) is 3.80. The summed E-state index contributed by atoms with van der Waals surface area (Å²) >= 11 is 6.31. The third-order valence-electron chi connectivity index (χ3n) is 5.77. The molecule has 37 heavy (non-hydrogen) atoms. The van der Waals surface area contributed by atoms with Crippen LogP contribution in [0.4, 0.5) is 13.2 Å². The molecule has 0 bridgehead atoms. The number of benzene rings is 2. The number of hydrogen-bond donors (Lipinski definition) is 1. The lowest BCUT2D eigenvalue weighted by Crippen LogP contribution is -2.31. The predicted octanol–water partition coefficient (Wildman–Crippen LogP) is 6.30. The number of rotatable bonds is 11. The number of halogens is 4. The second-order valence-electron chi connectivity index (χ2n) is 9.11. The third kappa shape index (κ3) is 12.1. The highest BCUT2D eigenvalue weighted by molar-refractivity contribution is 6.32. The van der Waals surface area contributed by atoms with Crippen molar-refractivity contribution in [3.8, 4) is 11.5 Å². The zero-order valence-electron chi connectivity index (χ0n) is 21.3. The van der Waals surface area contributed by atoms with Gasteiger partial charge in [-0.15, -0.1) is 0 Å². The van der Waals surface area contributed by atoms with Crippen LogP contribution in [0.1, 0.15) is 43.8 Å². The minimum Gasteiger partial charge on any atom is -0.494 e. The van der Waals surface area contributed by atoms with E-state index in [9.17, 15) is 13.2 Å². The molecule has 0 spiro atoms. The van der Waals surface area contributed by atoms with Gasteiger partial charge in [-0.1, -0.05) is 42.3 Å². The molecule has 206 valence electrons. The Morgan fingerprint density at radius 1 is 1.08 bits per heavy atom.